The van der Waals surface area contributed by atoms with Crippen molar-refractivity contribution < 1.29 is 4.74 Å². The summed E-state index contributed by atoms with van der Waals surface area (Å²) in [5.74, 6) is 0.842. The van der Waals surface area contributed by atoms with Crippen LogP contribution in [0.3, 0.4) is 0 Å². The maximum Gasteiger partial charge on any atom is 0.148 e. The SMILES string of the molecule is Cc1ccc(N[C@H]2CO[C@@]3(CCN(Cc4cccs4)C3)C2)nn1. The van der Waals surface area contributed by atoms with E-state index in [9.17, 15) is 0 Å². The number of nitrogens with one attached hydrogen (secondary N) is 1. The molecule has 23 heavy (non-hydrogen) atoms. The Morgan fingerprint density at radius 1 is 1.39 bits per heavy atom. The van der Waals surface area contributed by atoms with Gasteiger partial charge in [0.1, 0.15) is 5.82 Å². The smallest absolute Gasteiger partial charge is 0.148 e. The topological polar surface area (TPSA) is 50.3 Å². The van der Waals surface area contributed by atoms with Gasteiger partial charge in [-0.15, -0.1) is 16.4 Å². The fourth-order valence-electron chi connectivity index (χ4n) is 3.59. The zero-order valence-corrected chi connectivity index (χ0v) is 14.2. The van der Waals surface area contributed by atoms with E-state index >= 15 is 0 Å². The Labute approximate surface area is 140 Å². The molecule has 1 spiro atoms. The summed E-state index contributed by atoms with van der Waals surface area (Å²) in [7, 11) is 0. The molecule has 2 atom stereocenters. The van der Waals surface area contributed by atoms with Crippen LogP contribution in [0.1, 0.15) is 23.4 Å². The molecule has 4 rings (SSSR count). The molecule has 2 saturated heterocycles. The van der Waals surface area contributed by atoms with Gasteiger partial charge in [-0.05, 0) is 36.9 Å². The molecule has 5 nitrogen and oxygen atoms in total. The molecular formula is C17H22N4OS. The van der Waals surface area contributed by atoms with E-state index in [1.54, 1.807) is 0 Å². The summed E-state index contributed by atoms with van der Waals surface area (Å²) in [5.41, 5.74) is 0.960. The van der Waals surface area contributed by atoms with Gasteiger partial charge in [-0.1, -0.05) is 6.07 Å². The van der Waals surface area contributed by atoms with Gasteiger partial charge in [0.25, 0.3) is 0 Å². The van der Waals surface area contributed by atoms with Crippen molar-refractivity contribution in [3.8, 4) is 0 Å². The summed E-state index contributed by atoms with van der Waals surface area (Å²) in [5, 5.41) is 13.9. The Hall–Kier alpha value is -1.50. The van der Waals surface area contributed by atoms with E-state index < -0.39 is 0 Å². The fraction of sp³-hybridized carbons (Fsp3) is 0.529. The zero-order chi connectivity index (χ0) is 15.7. The minimum Gasteiger partial charge on any atom is -0.371 e. The molecule has 0 amide bonds. The van der Waals surface area contributed by atoms with E-state index in [-0.39, 0.29) is 5.60 Å². The Bertz CT molecular complexity index is 645. The quantitative estimate of drug-likeness (QED) is 0.934. The van der Waals surface area contributed by atoms with Crippen molar-refractivity contribution in [3.63, 3.8) is 0 Å². The van der Waals surface area contributed by atoms with E-state index in [4.69, 9.17) is 4.74 Å². The highest BCUT2D eigenvalue weighted by atomic mass is 32.1. The predicted molar refractivity (Wildman–Crippen MR) is 91.7 cm³/mol. The minimum absolute atomic E-state index is 0.0209. The van der Waals surface area contributed by atoms with Crippen LogP contribution in [0.2, 0.25) is 0 Å². The van der Waals surface area contributed by atoms with Gasteiger partial charge in [-0.2, -0.15) is 5.10 Å². The third-order valence-corrected chi connectivity index (χ3v) is 5.58. The number of anilines is 1. The van der Waals surface area contributed by atoms with Crippen LogP contribution < -0.4 is 5.32 Å². The van der Waals surface area contributed by atoms with Crippen LogP contribution in [0.5, 0.6) is 0 Å². The molecule has 0 radical (unpaired) electrons. The number of ether oxygens (including phenoxy) is 1. The van der Waals surface area contributed by atoms with Crippen LogP contribution in [-0.4, -0.2) is 46.4 Å². The number of thiophene rings is 1. The first-order chi connectivity index (χ1) is 11.2. The van der Waals surface area contributed by atoms with Crippen molar-refractivity contribution in [1.82, 2.24) is 15.1 Å². The molecule has 1 N–H and O–H groups in total. The number of rotatable bonds is 4. The molecule has 2 aliphatic rings. The second kappa shape index (κ2) is 6.19. The summed E-state index contributed by atoms with van der Waals surface area (Å²) < 4.78 is 6.21. The van der Waals surface area contributed by atoms with Crippen molar-refractivity contribution in [2.24, 2.45) is 0 Å². The molecule has 0 bridgehead atoms. The lowest BCUT2D eigenvalue weighted by atomic mass is 9.97. The zero-order valence-electron chi connectivity index (χ0n) is 13.4. The summed E-state index contributed by atoms with van der Waals surface area (Å²) in [6, 6.07) is 8.64. The van der Waals surface area contributed by atoms with Crippen LogP contribution in [0, 0.1) is 6.92 Å². The van der Waals surface area contributed by atoms with Gasteiger partial charge in [0.15, 0.2) is 0 Å². The van der Waals surface area contributed by atoms with Crippen molar-refractivity contribution >= 4 is 17.2 Å². The number of nitrogens with zero attached hydrogens (tertiary/aromatic N) is 3. The number of hydrogen-bond acceptors (Lipinski definition) is 6. The second-order valence-electron chi connectivity index (χ2n) is 6.64. The van der Waals surface area contributed by atoms with E-state index in [0.29, 0.717) is 6.04 Å². The van der Waals surface area contributed by atoms with E-state index in [1.807, 2.05) is 30.4 Å². The molecule has 2 aliphatic heterocycles. The minimum atomic E-state index is 0.0209. The molecule has 0 aromatic carbocycles. The first-order valence-corrected chi connectivity index (χ1v) is 9.04. The number of likely N-dealkylation sites (tertiary alicyclic amines) is 1. The normalized spacial score (nSPS) is 27.8. The lowest BCUT2D eigenvalue weighted by Crippen LogP contribution is -2.33. The third-order valence-electron chi connectivity index (χ3n) is 4.71. The van der Waals surface area contributed by atoms with Gasteiger partial charge in [-0.25, -0.2) is 0 Å². The summed E-state index contributed by atoms with van der Waals surface area (Å²) in [6.07, 6.45) is 2.17. The van der Waals surface area contributed by atoms with Gasteiger partial charge >= 0.3 is 0 Å². The molecule has 0 aliphatic carbocycles. The Kier molecular flexibility index (Phi) is 4.05. The van der Waals surface area contributed by atoms with Gasteiger partial charge in [0.2, 0.25) is 0 Å². The highest BCUT2D eigenvalue weighted by Crippen LogP contribution is 2.36. The molecular weight excluding hydrogens is 308 g/mol. The molecule has 0 unspecified atom stereocenters. The van der Waals surface area contributed by atoms with Crippen LogP contribution in [-0.2, 0) is 11.3 Å². The van der Waals surface area contributed by atoms with Gasteiger partial charge < -0.3 is 10.1 Å². The van der Waals surface area contributed by atoms with Crippen LogP contribution in [0.25, 0.3) is 0 Å². The first kappa shape index (κ1) is 15.1. The first-order valence-electron chi connectivity index (χ1n) is 8.16. The second-order valence-corrected chi connectivity index (χ2v) is 7.67. The van der Waals surface area contributed by atoms with Crippen molar-refractivity contribution in [2.45, 2.75) is 38.0 Å². The van der Waals surface area contributed by atoms with Crippen LogP contribution >= 0.6 is 11.3 Å². The molecule has 2 fully saturated rings. The average molecular weight is 330 g/mol. The predicted octanol–water partition coefficient (Wildman–Crippen LogP) is 2.69. The maximum atomic E-state index is 6.21. The van der Waals surface area contributed by atoms with Gasteiger partial charge in [-0.3, -0.25) is 4.90 Å². The van der Waals surface area contributed by atoms with Gasteiger partial charge in [0.05, 0.1) is 23.9 Å². The highest BCUT2D eigenvalue weighted by molar-refractivity contribution is 7.09. The Morgan fingerprint density at radius 2 is 2.35 bits per heavy atom. The molecule has 0 saturated carbocycles. The lowest BCUT2D eigenvalue weighted by Gasteiger charge is -2.23. The Morgan fingerprint density at radius 3 is 3.13 bits per heavy atom. The number of aromatic nitrogens is 2. The van der Waals surface area contributed by atoms with Crippen molar-refractivity contribution in [3.05, 3.63) is 40.2 Å². The van der Waals surface area contributed by atoms with Gasteiger partial charge in [0, 0.05) is 30.9 Å². The molecule has 4 heterocycles. The molecule has 6 heteroatoms. The summed E-state index contributed by atoms with van der Waals surface area (Å²) >= 11 is 1.83. The molecule has 2 aromatic rings. The maximum absolute atomic E-state index is 6.21. The third kappa shape index (κ3) is 3.39. The molecule has 122 valence electrons. The largest absolute Gasteiger partial charge is 0.371 e. The van der Waals surface area contributed by atoms with E-state index in [0.717, 1.165) is 50.6 Å². The summed E-state index contributed by atoms with van der Waals surface area (Å²) in [6.45, 7) is 5.90. The summed E-state index contributed by atoms with van der Waals surface area (Å²) in [4.78, 5) is 3.95. The van der Waals surface area contributed by atoms with Crippen LogP contribution in [0.4, 0.5) is 5.82 Å². The fourth-order valence-corrected chi connectivity index (χ4v) is 4.34. The lowest BCUT2D eigenvalue weighted by molar-refractivity contribution is 0.0120. The standard InChI is InChI=1S/C17H22N4OS/c1-13-4-5-16(20-19-13)18-14-9-17(22-11-14)6-7-21(12-17)10-15-3-2-8-23-15/h2-5,8,14H,6-7,9-12H2,1H3,(H,18,20)/t14-,17+/m1/s1. The highest BCUT2D eigenvalue weighted by Gasteiger charge is 2.45. The van der Waals surface area contributed by atoms with E-state index in [1.165, 1.54) is 4.88 Å². The van der Waals surface area contributed by atoms with Crippen molar-refractivity contribution in [1.29, 1.82) is 0 Å². The number of hydrogen-bond donors (Lipinski definition) is 1. The van der Waals surface area contributed by atoms with Crippen molar-refractivity contribution in [2.75, 3.05) is 25.0 Å². The average Bonchev–Trinajstić information content (AvgIpc) is 3.26. The van der Waals surface area contributed by atoms with E-state index in [2.05, 4.69) is 37.9 Å². The van der Waals surface area contributed by atoms with Crippen LogP contribution in [0.15, 0.2) is 29.6 Å². The monoisotopic (exact) mass is 330 g/mol. The number of aryl methyl sites for hydroxylation is 1. The molecule has 2 aromatic heterocycles. The Balaban J connectivity index is 1.33.